The molecule has 0 spiro atoms. The van der Waals surface area contributed by atoms with Crippen LogP contribution in [0.5, 0.6) is 0 Å². The lowest BCUT2D eigenvalue weighted by Crippen LogP contribution is -2.36. The Kier molecular flexibility index (Phi) is 8.76. The van der Waals surface area contributed by atoms with Crippen molar-refractivity contribution in [2.75, 3.05) is 26.2 Å². The quantitative estimate of drug-likeness (QED) is 0.542. The maximum Gasteiger partial charge on any atom is 0.243 e. The van der Waals surface area contributed by atoms with Gasteiger partial charge in [0.1, 0.15) is 0 Å². The van der Waals surface area contributed by atoms with E-state index in [4.69, 9.17) is 0 Å². The summed E-state index contributed by atoms with van der Waals surface area (Å²) in [6, 6.07) is 19.1. The van der Waals surface area contributed by atoms with Gasteiger partial charge < -0.3 is 5.32 Å². The molecule has 8 nitrogen and oxygen atoms in total. The van der Waals surface area contributed by atoms with Crippen LogP contribution in [0.3, 0.4) is 0 Å². The van der Waals surface area contributed by atoms with Gasteiger partial charge >= 0.3 is 0 Å². The van der Waals surface area contributed by atoms with Gasteiger partial charge in [-0.1, -0.05) is 41.5 Å². The van der Waals surface area contributed by atoms with Gasteiger partial charge in [0.15, 0.2) is 0 Å². The van der Waals surface area contributed by atoms with E-state index >= 15 is 0 Å². The van der Waals surface area contributed by atoms with Crippen LogP contribution in [0.15, 0.2) is 76.5 Å². The number of pyridine rings is 1. The highest BCUT2D eigenvalue weighted by atomic mass is 32.2. The van der Waals surface area contributed by atoms with Gasteiger partial charge in [-0.05, 0) is 76.2 Å². The van der Waals surface area contributed by atoms with Crippen LogP contribution in [0, 0.1) is 13.8 Å². The predicted molar refractivity (Wildman–Crippen MR) is 144 cm³/mol. The largest absolute Gasteiger partial charge is 0.317 e. The molecule has 0 radical (unpaired) electrons. The van der Waals surface area contributed by atoms with Crippen molar-refractivity contribution in [3.8, 4) is 0 Å². The highest BCUT2D eigenvalue weighted by Crippen LogP contribution is 2.22. The van der Waals surface area contributed by atoms with E-state index in [1.807, 2.05) is 13.8 Å². The van der Waals surface area contributed by atoms with E-state index in [-0.39, 0.29) is 22.9 Å². The maximum atomic E-state index is 13.5. The van der Waals surface area contributed by atoms with E-state index < -0.39 is 20.0 Å². The van der Waals surface area contributed by atoms with Crippen molar-refractivity contribution in [1.29, 1.82) is 0 Å². The fourth-order valence-electron chi connectivity index (χ4n) is 4.24. The molecule has 0 atom stereocenters. The lowest BCUT2D eigenvalue weighted by molar-refractivity contribution is 0.373. The van der Waals surface area contributed by atoms with E-state index in [2.05, 4.69) is 10.3 Å². The summed E-state index contributed by atoms with van der Waals surface area (Å²) >= 11 is 0. The molecule has 0 amide bonds. The molecule has 4 rings (SSSR count). The number of fused-ring (bicyclic) bond motifs is 2. The fraction of sp³-hybridized carbons (Fsp3) is 0.370. The standard InChI is InChI=1S/C27H34N4O4S2/c1-22-8-12-26(13-9-22)36(32,33)30-18-4-16-28-17-5-19-31(21-25-7-3-6-24(20-30)29-25)37(34,35)27-14-10-23(2)11-15-27/h3,6-15,28H,4-5,16-21H2,1-2H3. The van der Waals surface area contributed by atoms with Crippen LogP contribution in [0.25, 0.3) is 0 Å². The SMILES string of the molecule is Cc1ccc(S(=O)(=O)N2CCCNCCCN(S(=O)(=O)c3ccc(C)cc3)Cc3cccc(n3)C2)cc1. The van der Waals surface area contributed by atoms with E-state index in [1.165, 1.54) is 8.61 Å². The Morgan fingerprint density at radius 3 is 1.46 bits per heavy atom. The molecule has 1 aliphatic rings. The molecule has 0 saturated carbocycles. The topological polar surface area (TPSA) is 99.7 Å². The van der Waals surface area contributed by atoms with Crippen molar-refractivity contribution in [3.05, 3.63) is 89.2 Å². The second-order valence-electron chi connectivity index (χ2n) is 9.38. The number of aryl methyl sites for hydroxylation is 2. The van der Waals surface area contributed by atoms with Crippen LogP contribution in [0.2, 0.25) is 0 Å². The molecule has 37 heavy (non-hydrogen) atoms. The Hall–Kier alpha value is -2.63. The zero-order valence-corrected chi connectivity index (χ0v) is 22.9. The summed E-state index contributed by atoms with van der Waals surface area (Å²) in [5.74, 6) is 0. The maximum absolute atomic E-state index is 13.5. The van der Waals surface area contributed by atoms with E-state index in [9.17, 15) is 16.8 Å². The molecule has 198 valence electrons. The highest BCUT2D eigenvalue weighted by molar-refractivity contribution is 7.89. The number of aromatic nitrogens is 1. The summed E-state index contributed by atoms with van der Waals surface area (Å²) in [5, 5.41) is 3.33. The van der Waals surface area contributed by atoms with E-state index in [0.29, 0.717) is 50.4 Å². The van der Waals surface area contributed by atoms with Crippen LogP contribution in [0.4, 0.5) is 0 Å². The van der Waals surface area contributed by atoms with Crippen molar-refractivity contribution < 1.29 is 16.8 Å². The molecule has 0 saturated heterocycles. The lowest BCUT2D eigenvalue weighted by atomic mass is 10.2. The molecule has 2 heterocycles. The molecule has 2 aromatic carbocycles. The molecule has 1 aliphatic heterocycles. The fourth-order valence-corrected chi connectivity index (χ4v) is 7.14. The number of nitrogens with zero attached hydrogens (tertiary/aromatic N) is 3. The number of sulfonamides is 2. The number of nitrogens with one attached hydrogen (secondary N) is 1. The van der Waals surface area contributed by atoms with Gasteiger partial charge in [0.2, 0.25) is 20.0 Å². The molecule has 0 fully saturated rings. The second kappa shape index (κ2) is 11.8. The molecule has 2 bridgehead atoms. The first kappa shape index (κ1) is 27.4. The average molecular weight is 543 g/mol. The normalized spacial score (nSPS) is 17.2. The minimum atomic E-state index is -3.73. The second-order valence-corrected chi connectivity index (χ2v) is 13.3. The van der Waals surface area contributed by atoms with Crippen molar-refractivity contribution in [2.45, 2.75) is 49.6 Å². The van der Waals surface area contributed by atoms with Crippen molar-refractivity contribution >= 4 is 20.0 Å². The molecule has 10 heteroatoms. The van der Waals surface area contributed by atoms with Gasteiger partial charge in [0.05, 0.1) is 34.3 Å². The van der Waals surface area contributed by atoms with Crippen LogP contribution >= 0.6 is 0 Å². The summed E-state index contributed by atoms with van der Waals surface area (Å²) in [5.41, 5.74) is 3.13. The first-order valence-electron chi connectivity index (χ1n) is 12.5. The molecule has 1 aromatic heterocycles. The highest BCUT2D eigenvalue weighted by Gasteiger charge is 2.27. The van der Waals surface area contributed by atoms with Gasteiger partial charge in [0.25, 0.3) is 0 Å². The summed E-state index contributed by atoms with van der Waals surface area (Å²) in [7, 11) is -7.46. The summed E-state index contributed by atoms with van der Waals surface area (Å²) in [6.45, 7) is 6.00. The Bertz CT molecular complexity index is 1300. The molecule has 0 unspecified atom stereocenters. The summed E-state index contributed by atoms with van der Waals surface area (Å²) < 4.78 is 56.9. The monoisotopic (exact) mass is 542 g/mol. The average Bonchev–Trinajstić information content (AvgIpc) is 2.87. The van der Waals surface area contributed by atoms with Gasteiger partial charge in [0, 0.05) is 13.1 Å². The number of benzene rings is 2. The van der Waals surface area contributed by atoms with Gasteiger partial charge in [-0.15, -0.1) is 0 Å². The number of hydrogen-bond acceptors (Lipinski definition) is 6. The Balaban J connectivity index is 1.64. The molecule has 3 aromatic rings. The van der Waals surface area contributed by atoms with Crippen molar-refractivity contribution in [2.24, 2.45) is 0 Å². The van der Waals surface area contributed by atoms with Gasteiger partial charge in [-0.25, -0.2) is 16.8 Å². The smallest absolute Gasteiger partial charge is 0.243 e. The van der Waals surface area contributed by atoms with Crippen molar-refractivity contribution in [3.63, 3.8) is 0 Å². The summed E-state index contributed by atoms with van der Waals surface area (Å²) in [4.78, 5) is 5.17. The Morgan fingerprint density at radius 1 is 0.649 bits per heavy atom. The van der Waals surface area contributed by atoms with E-state index in [1.54, 1.807) is 66.7 Å². The first-order chi connectivity index (χ1) is 17.7. The minimum Gasteiger partial charge on any atom is -0.317 e. The first-order valence-corrected chi connectivity index (χ1v) is 15.3. The van der Waals surface area contributed by atoms with Crippen LogP contribution in [-0.4, -0.2) is 56.6 Å². The zero-order valence-electron chi connectivity index (χ0n) is 21.3. The van der Waals surface area contributed by atoms with Gasteiger partial charge in [-0.3, -0.25) is 4.98 Å². The zero-order chi connectivity index (χ0) is 26.5. The van der Waals surface area contributed by atoms with Crippen molar-refractivity contribution in [1.82, 2.24) is 18.9 Å². The molecule has 0 aliphatic carbocycles. The van der Waals surface area contributed by atoms with Gasteiger partial charge in [-0.2, -0.15) is 8.61 Å². The van der Waals surface area contributed by atoms with Crippen LogP contribution < -0.4 is 5.32 Å². The third-order valence-electron chi connectivity index (χ3n) is 6.38. The molecular weight excluding hydrogens is 508 g/mol. The Labute approximate surface area is 220 Å². The third kappa shape index (κ3) is 6.82. The Morgan fingerprint density at radius 2 is 1.05 bits per heavy atom. The van der Waals surface area contributed by atoms with E-state index in [0.717, 1.165) is 11.1 Å². The number of rotatable bonds is 4. The molecule has 1 N–H and O–H groups in total. The van der Waals surface area contributed by atoms with Crippen LogP contribution in [-0.2, 0) is 33.1 Å². The summed E-state index contributed by atoms with van der Waals surface area (Å²) in [6.07, 6.45) is 1.24. The van der Waals surface area contributed by atoms with Crippen LogP contribution in [0.1, 0.15) is 35.4 Å². The molecular formula is C27H34N4O4S2. The number of hydrogen-bond donors (Lipinski definition) is 1. The third-order valence-corrected chi connectivity index (χ3v) is 10.1. The lowest BCUT2D eigenvalue weighted by Gasteiger charge is -2.25. The predicted octanol–water partition coefficient (Wildman–Crippen LogP) is 3.46. The minimum absolute atomic E-state index is 0.106.